The van der Waals surface area contributed by atoms with E-state index in [4.69, 9.17) is 0 Å². The first-order chi connectivity index (χ1) is 23.1. The number of anilines is 6. The summed E-state index contributed by atoms with van der Waals surface area (Å²) in [5.41, 5.74) is 3.91. The van der Waals surface area contributed by atoms with Gasteiger partial charge in [-0.1, -0.05) is 36.4 Å². The number of hydrogen-bond donors (Lipinski definition) is 0. The largest absolute Gasteiger partial charge is 0.329 e. The van der Waals surface area contributed by atoms with E-state index in [1.54, 1.807) is 41.5 Å². The van der Waals surface area contributed by atoms with Crippen LogP contribution >= 0.6 is 0 Å². The molecule has 12 nitrogen and oxygen atoms in total. The molecular weight excluding hydrogens is 610 g/mol. The molecule has 4 aromatic rings. The summed E-state index contributed by atoms with van der Waals surface area (Å²) < 4.78 is 0. The van der Waals surface area contributed by atoms with E-state index in [9.17, 15) is 24.5 Å². The average molecular weight is 646 g/mol. The number of carbonyl (C=O) groups is 3. The summed E-state index contributed by atoms with van der Waals surface area (Å²) in [6.07, 6.45) is 0. The number of amides is 6. The van der Waals surface area contributed by atoms with Gasteiger partial charge in [0.1, 0.15) is 0 Å². The second-order valence-electron chi connectivity index (χ2n) is 12.5. The maximum absolute atomic E-state index is 14.0. The molecule has 0 unspecified atom stereocenters. The molecule has 3 aliphatic heterocycles. The lowest BCUT2D eigenvalue weighted by atomic mass is 10.2. The summed E-state index contributed by atoms with van der Waals surface area (Å²) in [7, 11) is 0. The predicted molar refractivity (Wildman–Crippen MR) is 186 cm³/mol. The summed E-state index contributed by atoms with van der Waals surface area (Å²) in [6.45, 7) is 7.26. The Morgan fingerprint density at radius 3 is 1.29 bits per heavy atom. The van der Waals surface area contributed by atoms with Crippen LogP contribution in [0, 0.1) is 10.1 Å². The number of benzene rings is 4. The Balaban J connectivity index is 1.11. The van der Waals surface area contributed by atoms with E-state index < -0.39 is 4.92 Å². The van der Waals surface area contributed by atoms with Gasteiger partial charge in [0.25, 0.3) is 5.69 Å². The van der Waals surface area contributed by atoms with Crippen molar-refractivity contribution in [1.82, 2.24) is 0 Å². The van der Waals surface area contributed by atoms with Crippen LogP contribution in [-0.2, 0) is 0 Å². The van der Waals surface area contributed by atoms with Crippen molar-refractivity contribution >= 4 is 57.9 Å². The van der Waals surface area contributed by atoms with Gasteiger partial charge in [-0.25, -0.2) is 14.4 Å². The molecule has 3 saturated heterocycles. The predicted octanol–water partition coefficient (Wildman–Crippen LogP) is 7.10. The minimum Gasteiger partial charge on any atom is -0.292 e. The Hall–Kier alpha value is -5.91. The molecule has 7 rings (SSSR count). The van der Waals surface area contributed by atoms with Gasteiger partial charge in [0.2, 0.25) is 0 Å². The molecule has 3 heterocycles. The number of para-hydroxylation sites is 1. The Bertz CT molecular complexity index is 1920. The molecular formula is C36H35N7O5. The third-order valence-electron chi connectivity index (χ3n) is 9.20. The zero-order valence-electron chi connectivity index (χ0n) is 26.8. The fourth-order valence-corrected chi connectivity index (χ4v) is 6.96. The molecule has 244 valence electrons. The van der Waals surface area contributed by atoms with Gasteiger partial charge in [-0.15, -0.1) is 0 Å². The molecule has 6 amide bonds. The van der Waals surface area contributed by atoms with E-state index in [2.05, 4.69) is 0 Å². The second kappa shape index (κ2) is 12.0. The summed E-state index contributed by atoms with van der Waals surface area (Å²) >= 11 is 0. The molecule has 0 aliphatic carbocycles. The quantitative estimate of drug-likeness (QED) is 0.157. The minimum absolute atomic E-state index is 0.0654. The number of nitro groups is 1. The number of nitrogens with zero attached hydrogens (tertiary/aromatic N) is 7. The Morgan fingerprint density at radius 1 is 0.500 bits per heavy atom. The van der Waals surface area contributed by atoms with Crippen molar-refractivity contribution < 1.29 is 19.3 Å². The summed E-state index contributed by atoms with van der Waals surface area (Å²) in [5.74, 6) is 0. The van der Waals surface area contributed by atoms with Crippen LogP contribution < -0.4 is 29.4 Å². The number of nitro benzene ring substituents is 1. The number of carbonyl (C=O) groups excluding carboxylic acids is 3. The fraction of sp³-hybridized carbons (Fsp3) is 0.250. The van der Waals surface area contributed by atoms with Gasteiger partial charge in [0.05, 0.1) is 28.7 Å². The van der Waals surface area contributed by atoms with Crippen LogP contribution in [0.1, 0.15) is 20.8 Å². The van der Waals surface area contributed by atoms with Gasteiger partial charge in [-0.05, 0) is 75.4 Å². The van der Waals surface area contributed by atoms with Crippen LogP contribution in [0.25, 0.3) is 0 Å². The van der Waals surface area contributed by atoms with Crippen molar-refractivity contribution in [3.63, 3.8) is 0 Å². The van der Waals surface area contributed by atoms with Gasteiger partial charge in [-0.2, -0.15) is 0 Å². The highest BCUT2D eigenvalue weighted by Gasteiger charge is 2.41. The first-order valence-corrected chi connectivity index (χ1v) is 15.9. The van der Waals surface area contributed by atoms with Crippen molar-refractivity contribution in [2.75, 3.05) is 49.0 Å². The van der Waals surface area contributed by atoms with Crippen molar-refractivity contribution in [2.24, 2.45) is 0 Å². The van der Waals surface area contributed by atoms with Crippen LogP contribution in [0.5, 0.6) is 0 Å². The molecule has 0 aromatic heterocycles. The Morgan fingerprint density at radius 2 is 0.854 bits per heavy atom. The summed E-state index contributed by atoms with van der Waals surface area (Å²) in [6, 6.07) is 29.4. The van der Waals surface area contributed by atoms with Crippen LogP contribution in [-0.4, -0.2) is 60.8 Å². The molecule has 12 heteroatoms. The molecule has 0 radical (unpaired) electrons. The number of urea groups is 3. The standard InChI is InChI=1S/C36H35N7O5/c1-24-21-37(27-10-5-4-6-11-27)34(44)40(24)30-14-7-12-28(18-30)38-22-25(2)41(35(38)45)31-15-8-13-29(19-31)39-23-26(3)42(36(39)46)32-16-9-17-33(20-32)43(47)48/h4-20,24-26H,21-23H2,1-3H3/t24-,25-,26-/m0/s1. The van der Waals surface area contributed by atoms with Crippen molar-refractivity contribution in [1.29, 1.82) is 0 Å². The Kier molecular flexibility index (Phi) is 7.70. The number of non-ortho nitro benzene ring substituents is 1. The second-order valence-corrected chi connectivity index (χ2v) is 12.5. The molecule has 3 aliphatic rings. The van der Waals surface area contributed by atoms with E-state index >= 15 is 0 Å². The van der Waals surface area contributed by atoms with Gasteiger partial charge in [-0.3, -0.25) is 39.5 Å². The van der Waals surface area contributed by atoms with Crippen LogP contribution in [0.15, 0.2) is 103 Å². The first-order valence-electron chi connectivity index (χ1n) is 15.9. The van der Waals surface area contributed by atoms with E-state index in [0.717, 1.165) is 11.4 Å². The molecule has 3 fully saturated rings. The van der Waals surface area contributed by atoms with Gasteiger partial charge < -0.3 is 0 Å². The topological polar surface area (TPSA) is 114 Å². The van der Waals surface area contributed by atoms with Crippen molar-refractivity contribution in [3.8, 4) is 0 Å². The van der Waals surface area contributed by atoms with Crippen molar-refractivity contribution in [3.05, 3.63) is 113 Å². The van der Waals surface area contributed by atoms with Crippen LogP contribution in [0.3, 0.4) is 0 Å². The molecule has 0 saturated carbocycles. The highest BCUT2D eigenvalue weighted by molar-refractivity contribution is 6.10. The smallest absolute Gasteiger partial charge is 0.292 e. The molecule has 48 heavy (non-hydrogen) atoms. The average Bonchev–Trinajstić information content (AvgIpc) is 3.68. The van der Waals surface area contributed by atoms with Gasteiger partial charge >= 0.3 is 18.1 Å². The SMILES string of the molecule is C[C@H]1CN(c2ccccc2)C(=O)N1c1cccc(N2C[C@H](C)N(c3cccc(N4C[C@H](C)N(c5cccc([N+](=O)[O-])c5)C4=O)c3)C2=O)c1. The summed E-state index contributed by atoms with van der Waals surface area (Å²) in [4.78, 5) is 62.2. The third-order valence-corrected chi connectivity index (χ3v) is 9.20. The molecule has 3 atom stereocenters. The third kappa shape index (κ3) is 5.24. The van der Waals surface area contributed by atoms with E-state index in [1.807, 2.05) is 99.6 Å². The molecule has 0 spiro atoms. The molecule has 0 N–H and O–H groups in total. The molecule has 0 bridgehead atoms. The first kappa shape index (κ1) is 30.7. The normalized spacial score (nSPS) is 21.2. The monoisotopic (exact) mass is 645 g/mol. The van der Waals surface area contributed by atoms with E-state index in [1.165, 1.54) is 12.1 Å². The lowest BCUT2D eigenvalue weighted by molar-refractivity contribution is -0.384. The van der Waals surface area contributed by atoms with Crippen LogP contribution in [0.2, 0.25) is 0 Å². The zero-order chi connectivity index (χ0) is 33.7. The summed E-state index contributed by atoms with van der Waals surface area (Å²) in [5, 5.41) is 11.3. The van der Waals surface area contributed by atoms with Crippen molar-refractivity contribution in [2.45, 2.75) is 38.9 Å². The maximum Gasteiger partial charge on any atom is 0.329 e. The van der Waals surface area contributed by atoms with Gasteiger partial charge in [0.15, 0.2) is 0 Å². The number of rotatable bonds is 7. The lowest BCUT2D eigenvalue weighted by Crippen LogP contribution is -2.35. The highest BCUT2D eigenvalue weighted by Crippen LogP contribution is 2.36. The minimum atomic E-state index is -0.477. The fourth-order valence-electron chi connectivity index (χ4n) is 6.96. The van der Waals surface area contributed by atoms with E-state index in [0.29, 0.717) is 42.4 Å². The lowest BCUT2D eigenvalue weighted by Gasteiger charge is -2.25. The van der Waals surface area contributed by atoms with Crippen LogP contribution in [0.4, 0.5) is 54.2 Å². The molecule has 4 aromatic carbocycles. The zero-order valence-corrected chi connectivity index (χ0v) is 26.8. The Labute approximate surface area is 278 Å². The number of hydrogen-bond acceptors (Lipinski definition) is 5. The van der Waals surface area contributed by atoms with Gasteiger partial charge in [0, 0.05) is 60.2 Å². The maximum atomic E-state index is 14.0. The van der Waals surface area contributed by atoms with E-state index in [-0.39, 0.29) is 41.9 Å². The highest BCUT2D eigenvalue weighted by atomic mass is 16.6.